The van der Waals surface area contributed by atoms with Crippen LogP contribution in [0.1, 0.15) is 37.9 Å². The monoisotopic (exact) mass is 292 g/mol. The molecule has 0 spiro atoms. The normalized spacial score (nSPS) is 24.7. The van der Waals surface area contributed by atoms with Crippen molar-refractivity contribution in [2.75, 3.05) is 13.6 Å². The van der Waals surface area contributed by atoms with Crippen LogP contribution in [0.15, 0.2) is 11.3 Å². The van der Waals surface area contributed by atoms with Gasteiger partial charge in [0.2, 0.25) is 0 Å². The van der Waals surface area contributed by atoms with Crippen LogP contribution in [0.2, 0.25) is 0 Å². The first-order valence-electron chi connectivity index (χ1n) is 7.75. The first-order valence-corrected chi connectivity index (χ1v) is 7.75. The quantitative estimate of drug-likeness (QED) is 0.542. The highest BCUT2D eigenvalue weighted by atomic mass is 16.3. The Morgan fingerprint density at radius 1 is 1.52 bits per heavy atom. The lowest BCUT2D eigenvalue weighted by molar-refractivity contribution is 0.0521. The minimum absolute atomic E-state index is 0.295. The maximum Gasteiger partial charge on any atom is 0.191 e. The summed E-state index contributed by atoms with van der Waals surface area (Å²) in [7, 11) is 1.76. The Balaban J connectivity index is 1.51. The van der Waals surface area contributed by atoms with Crippen molar-refractivity contribution < 1.29 is 5.11 Å². The minimum Gasteiger partial charge on any atom is -0.388 e. The summed E-state index contributed by atoms with van der Waals surface area (Å²) < 4.78 is 1.94. The number of aliphatic hydroxyl groups is 1. The van der Waals surface area contributed by atoms with E-state index in [4.69, 9.17) is 0 Å². The summed E-state index contributed by atoms with van der Waals surface area (Å²) in [5, 5.41) is 21.3. The van der Waals surface area contributed by atoms with E-state index < -0.39 is 5.60 Å². The maximum atomic E-state index is 10.4. The lowest BCUT2D eigenvalue weighted by atomic mass is 10.0. The molecule has 21 heavy (non-hydrogen) atoms. The van der Waals surface area contributed by atoms with Gasteiger partial charge in [0.25, 0.3) is 0 Å². The Kier molecular flexibility index (Phi) is 4.10. The smallest absolute Gasteiger partial charge is 0.191 e. The van der Waals surface area contributed by atoms with E-state index in [1.807, 2.05) is 4.68 Å². The molecule has 0 bridgehead atoms. The van der Waals surface area contributed by atoms with Gasteiger partial charge in [0, 0.05) is 26.1 Å². The molecule has 0 amide bonds. The number of hydrogen-bond acceptors (Lipinski definition) is 4. The molecule has 1 aliphatic carbocycles. The number of nitrogens with one attached hydrogen (secondary N) is 2. The third-order valence-electron chi connectivity index (χ3n) is 4.49. The molecule has 2 heterocycles. The van der Waals surface area contributed by atoms with Crippen LogP contribution >= 0.6 is 0 Å². The molecule has 7 nitrogen and oxygen atoms in total. The lowest BCUT2D eigenvalue weighted by Crippen LogP contribution is -2.50. The number of fused-ring (bicyclic) bond motifs is 1. The van der Waals surface area contributed by atoms with Crippen molar-refractivity contribution in [2.45, 2.75) is 56.7 Å². The fraction of sp³-hybridized carbons (Fsp3) is 0.786. The zero-order chi connectivity index (χ0) is 14.7. The number of nitrogens with zero attached hydrogens (tertiary/aromatic N) is 4. The van der Waals surface area contributed by atoms with Crippen LogP contribution in [0.4, 0.5) is 0 Å². The predicted molar refractivity (Wildman–Crippen MR) is 80.0 cm³/mol. The Bertz CT molecular complexity index is 505. The second-order valence-corrected chi connectivity index (χ2v) is 6.10. The van der Waals surface area contributed by atoms with Gasteiger partial charge in [-0.1, -0.05) is 12.8 Å². The van der Waals surface area contributed by atoms with Crippen LogP contribution in [0.25, 0.3) is 0 Å². The van der Waals surface area contributed by atoms with Crippen molar-refractivity contribution in [3.8, 4) is 0 Å². The second-order valence-electron chi connectivity index (χ2n) is 6.10. The predicted octanol–water partition coefficient (Wildman–Crippen LogP) is 0.0630. The van der Waals surface area contributed by atoms with E-state index in [1.54, 1.807) is 13.4 Å². The summed E-state index contributed by atoms with van der Waals surface area (Å²) in [6, 6.07) is 0.295. The fourth-order valence-electron chi connectivity index (χ4n) is 3.20. The van der Waals surface area contributed by atoms with Gasteiger partial charge in [-0.15, -0.1) is 0 Å². The molecule has 0 saturated heterocycles. The van der Waals surface area contributed by atoms with Crippen LogP contribution in [0, 0.1) is 0 Å². The van der Waals surface area contributed by atoms with E-state index in [1.165, 1.54) is 0 Å². The largest absolute Gasteiger partial charge is 0.388 e. The molecule has 0 aromatic carbocycles. The molecule has 116 valence electrons. The molecule has 1 saturated carbocycles. The average Bonchev–Trinajstić information content (AvgIpc) is 3.12. The van der Waals surface area contributed by atoms with E-state index >= 15 is 0 Å². The zero-order valence-corrected chi connectivity index (χ0v) is 12.5. The molecular formula is C14H24N6O. The standard InChI is InChI=1S/C14H24N6O/c1-15-13(16-9-14(21)6-2-3-7-14)19-11-4-5-12-17-10-18-20(12)8-11/h10-11,21H,2-9H2,1H3,(H2,15,16,19). The van der Waals surface area contributed by atoms with Gasteiger partial charge >= 0.3 is 0 Å². The summed E-state index contributed by atoms with van der Waals surface area (Å²) in [5.41, 5.74) is -0.566. The van der Waals surface area contributed by atoms with E-state index in [0.717, 1.165) is 56.9 Å². The van der Waals surface area contributed by atoms with Crippen LogP contribution < -0.4 is 10.6 Å². The molecule has 1 aromatic rings. The summed E-state index contributed by atoms with van der Waals surface area (Å²) in [6.45, 7) is 1.37. The van der Waals surface area contributed by atoms with Gasteiger partial charge in [0.15, 0.2) is 5.96 Å². The third kappa shape index (κ3) is 3.34. The molecule has 1 unspecified atom stereocenters. The van der Waals surface area contributed by atoms with Gasteiger partial charge in [0.1, 0.15) is 12.2 Å². The minimum atomic E-state index is -0.566. The number of rotatable bonds is 3. The molecule has 0 radical (unpaired) electrons. The average molecular weight is 292 g/mol. The SMILES string of the molecule is CN=C(NCC1(O)CCCC1)NC1CCc2ncnn2C1. The molecule has 7 heteroatoms. The Hall–Kier alpha value is -1.63. The Morgan fingerprint density at radius 2 is 2.33 bits per heavy atom. The van der Waals surface area contributed by atoms with Crippen molar-refractivity contribution >= 4 is 5.96 Å². The Morgan fingerprint density at radius 3 is 3.10 bits per heavy atom. The van der Waals surface area contributed by atoms with Gasteiger partial charge in [0.05, 0.1) is 12.1 Å². The van der Waals surface area contributed by atoms with E-state index in [0.29, 0.717) is 12.6 Å². The van der Waals surface area contributed by atoms with Crippen molar-refractivity contribution in [3.05, 3.63) is 12.2 Å². The number of hydrogen-bond donors (Lipinski definition) is 3. The highest BCUT2D eigenvalue weighted by Gasteiger charge is 2.31. The first kappa shape index (κ1) is 14.3. The maximum absolute atomic E-state index is 10.4. The van der Waals surface area contributed by atoms with Crippen LogP contribution in [-0.4, -0.2) is 51.1 Å². The molecule has 1 aromatic heterocycles. The topological polar surface area (TPSA) is 87.4 Å². The van der Waals surface area contributed by atoms with E-state index in [2.05, 4.69) is 25.7 Å². The van der Waals surface area contributed by atoms with Crippen molar-refractivity contribution in [3.63, 3.8) is 0 Å². The lowest BCUT2D eigenvalue weighted by Gasteiger charge is -2.28. The van der Waals surface area contributed by atoms with Gasteiger partial charge < -0.3 is 15.7 Å². The zero-order valence-electron chi connectivity index (χ0n) is 12.5. The van der Waals surface area contributed by atoms with Gasteiger partial charge in [-0.25, -0.2) is 9.67 Å². The summed E-state index contributed by atoms with van der Waals surface area (Å²) in [6.07, 6.45) is 7.54. The van der Waals surface area contributed by atoms with Gasteiger partial charge in [-0.3, -0.25) is 4.99 Å². The molecule has 3 N–H and O–H groups in total. The van der Waals surface area contributed by atoms with Gasteiger partial charge in [-0.2, -0.15) is 5.10 Å². The highest BCUT2D eigenvalue weighted by Crippen LogP contribution is 2.28. The number of aliphatic imine (C=N–C) groups is 1. The van der Waals surface area contributed by atoms with Crippen molar-refractivity contribution in [1.29, 1.82) is 0 Å². The number of aryl methyl sites for hydroxylation is 1. The number of guanidine groups is 1. The molecule has 1 atom stereocenters. The van der Waals surface area contributed by atoms with E-state index in [-0.39, 0.29) is 0 Å². The van der Waals surface area contributed by atoms with Crippen molar-refractivity contribution in [2.24, 2.45) is 4.99 Å². The summed E-state index contributed by atoms with van der Waals surface area (Å²) >= 11 is 0. The van der Waals surface area contributed by atoms with Gasteiger partial charge in [-0.05, 0) is 19.3 Å². The molecule has 1 aliphatic heterocycles. The fourth-order valence-corrected chi connectivity index (χ4v) is 3.20. The molecule has 1 fully saturated rings. The van der Waals surface area contributed by atoms with E-state index in [9.17, 15) is 5.11 Å². The summed E-state index contributed by atoms with van der Waals surface area (Å²) in [4.78, 5) is 8.49. The third-order valence-corrected chi connectivity index (χ3v) is 4.49. The first-order chi connectivity index (χ1) is 10.2. The van der Waals surface area contributed by atoms with Crippen LogP contribution in [0.3, 0.4) is 0 Å². The summed E-state index contributed by atoms with van der Waals surface area (Å²) in [5.74, 6) is 1.81. The molecular weight excluding hydrogens is 268 g/mol. The van der Waals surface area contributed by atoms with Crippen LogP contribution in [0.5, 0.6) is 0 Å². The molecule has 2 aliphatic rings. The van der Waals surface area contributed by atoms with Crippen molar-refractivity contribution in [1.82, 2.24) is 25.4 Å². The Labute approximate surface area is 124 Å². The highest BCUT2D eigenvalue weighted by molar-refractivity contribution is 5.80. The molecule has 3 rings (SSSR count). The number of aromatic nitrogens is 3. The van der Waals surface area contributed by atoms with Crippen LogP contribution in [-0.2, 0) is 13.0 Å². The second kappa shape index (κ2) is 6.01.